The van der Waals surface area contributed by atoms with Crippen LogP contribution in [0.25, 0.3) is 11.1 Å². The molecule has 0 amide bonds. The van der Waals surface area contributed by atoms with Crippen molar-refractivity contribution in [3.8, 4) is 17.0 Å². The number of aromatic nitrogens is 2. The highest BCUT2D eigenvalue weighted by Crippen LogP contribution is 2.30. The molecule has 6 heteroatoms. The van der Waals surface area contributed by atoms with E-state index in [1.54, 1.807) is 25.3 Å². The van der Waals surface area contributed by atoms with Gasteiger partial charge in [-0.15, -0.1) is 0 Å². The molecule has 0 spiro atoms. The van der Waals surface area contributed by atoms with Gasteiger partial charge in [0.05, 0.1) is 0 Å². The van der Waals surface area contributed by atoms with Gasteiger partial charge in [0.1, 0.15) is 17.0 Å². The Balaban J connectivity index is 2.61. The molecule has 112 valence electrons. The number of nitrogens with one attached hydrogen (secondary N) is 1. The first-order valence-corrected chi connectivity index (χ1v) is 7.35. The Labute approximate surface area is 131 Å². The molecule has 5 nitrogen and oxygen atoms in total. The number of ether oxygens (including phenoxy) is 1. The average Bonchev–Trinajstić information content (AvgIpc) is 2.45. The van der Waals surface area contributed by atoms with E-state index >= 15 is 0 Å². The monoisotopic (exact) mass is 352 g/mol. The summed E-state index contributed by atoms with van der Waals surface area (Å²) in [5, 5.41) is 10.2. The summed E-state index contributed by atoms with van der Waals surface area (Å²) in [6, 6.07) is 7.12. The number of aromatic hydroxyl groups is 1. The minimum absolute atomic E-state index is 0.148. The van der Waals surface area contributed by atoms with E-state index in [4.69, 9.17) is 4.74 Å². The molecule has 0 saturated carbocycles. The lowest BCUT2D eigenvalue weighted by molar-refractivity contribution is -0.00956. The van der Waals surface area contributed by atoms with Crippen LogP contribution in [0.15, 0.2) is 33.5 Å². The number of H-pyrrole nitrogens is 1. The molecule has 0 aliphatic heterocycles. The SMILES string of the molecule is CCC(C)(OC)c1nc(O)c(-c2cccc(Br)c2)c(=O)[nH]1. The number of halogens is 1. The normalized spacial score (nSPS) is 13.9. The Kier molecular flexibility index (Phi) is 4.49. The van der Waals surface area contributed by atoms with E-state index in [9.17, 15) is 9.90 Å². The van der Waals surface area contributed by atoms with Crippen LogP contribution in [0.3, 0.4) is 0 Å². The fourth-order valence-corrected chi connectivity index (χ4v) is 2.42. The Morgan fingerprint density at radius 2 is 2.19 bits per heavy atom. The average molecular weight is 353 g/mol. The summed E-state index contributed by atoms with van der Waals surface area (Å²) in [5.41, 5.74) is -0.397. The lowest BCUT2D eigenvalue weighted by atomic mass is 10.0. The van der Waals surface area contributed by atoms with Gasteiger partial charge < -0.3 is 14.8 Å². The Morgan fingerprint density at radius 1 is 1.48 bits per heavy atom. The summed E-state index contributed by atoms with van der Waals surface area (Å²) in [6.07, 6.45) is 0.613. The molecule has 0 radical (unpaired) electrons. The fraction of sp³-hybridized carbons (Fsp3) is 0.333. The van der Waals surface area contributed by atoms with Crippen molar-refractivity contribution in [3.05, 3.63) is 44.9 Å². The molecule has 2 aromatic rings. The molecular formula is C15H17BrN2O3. The molecule has 0 bridgehead atoms. The molecule has 0 saturated heterocycles. The molecular weight excluding hydrogens is 336 g/mol. The van der Waals surface area contributed by atoms with Crippen molar-refractivity contribution in [2.75, 3.05) is 7.11 Å². The summed E-state index contributed by atoms with van der Waals surface area (Å²) < 4.78 is 6.21. The zero-order valence-electron chi connectivity index (χ0n) is 12.1. The van der Waals surface area contributed by atoms with Crippen molar-refractivity contribution in [1.29, 1.82) is 0 Å². The maximum absolute atomic E-state index is 12.3. The van der Waals surface area contributed by atoms with Crippen LogP contribution >= 0.6 is 15.9 Å². The third kappa shape index (κ3) is 3.01. The van der Waals surface area contributed by atoms with Crippen LogP contribution in [0.5, 0.6) is 5.88 Å². The van der Waals surface area contributed by atoms with Crippen molar-refractivity contribution < 1.29 is 9.84 Å². The fourth-order valence-electron chi connectivity index (χ4n) is 2.02. The molecule has 2 rings (SSSR count). The quantitative estimate of drug-likeness (QED) is 0.885. The van der Waals surface area contributed by atoms with Gasteiger partial charge in [0.15, 0.2) is 0 Å². The summed E-state index contributed by atoms with van der Waals surface area (Å²) in [4.78, 5) is 19.1. The first-order chi connectivity index (χ1) is 9.91. The van der Waals surface area contributed by atoms with E-state index in [1.165, 1.54) is 0 Å². The summed E-state index contributed by atoms with van der Waals surface area (Å²) >= 11 is 3.34. The Bertz CT molecular complexity index is 708. The zero-order valence-corrected chi connectivity index (χ0v) is 13.7. The van der Waals surface area contributed by atoms with E-state index in [2.05, 4.69) is 25.9 Å². The van der Waals surface area contributed by atoms with Crippen molar-refractivity contribution in [1.82, 2.24) is 9.97 Å². The molecule has 0 fully saturated rings. The number of hydrogen-bond acceptors (Lipinski definition) is 4. The van der Waals surface area contributed by atoms with Gasteiger partial charge in [0, 0.05) is 11.6 Å². The van der Waals surface area contributed by atoms with Crippen molar-refractivity contribution in [2.45, 2.75) is 25.9 Å². The molecule has 2 N–H and O–H groups in total. The zero-order chi connectivity index (χ0) is 15.6. The van der Waals surface area contributed by atoms with E-state index < -0.39 is 11.2 Å². The highest BCUT2D eigenvalue weighted by atomic mass is 79.9. The van der Waals surface area contributed by atoms with Crippen LogP contribution in [0, 0.1) is 0 Å². The van der Waals surface area contributed by atoms with Crippen LogP contribution < -0.4 is 5.56 Å². The number of benzene rings is 1. The van der Waals surface area contributed by atoms with Gasteiger partial charge in [-0.1, -0.05) is 35.0 Å². The van der Waals surface area contributed by atoms with Crippen molar-refractivity contribution in [2.24, 2.45) is 0 Å². The summed E-state index contributed by atoms with van der Waals surface area (Å²) in [7, 11) is 1.54. The van der Waals surface area contributed by atoms with Crippen molar-refractivity contribution >= 4 is 15.9 Å². The Hall–Kier alpha value is -1.66. The van der Waals surface area contributed by atoms with E-state index in [0.29, 0.717) is 17.8 Å². The van der Waals surface area contributed by atoms with E-state index in [-0.39, 0.29) is 11.4 Å². The van der Waals surface area contributed by atoms with Gasteiger partial charge in [-0.2, -0.15) is 4.98 Å². The van der Waals surface area contributed by atoms with Crippen LogP contribution in [-0.4, -0.2) is 22.2 Å². The first-order valence-electron chi connectivity index (χ1n) is 6.56. The number of hydrogen-bond donors (Lipinski definition) is 2. The van der Waals surface area contributed by atoms with Crippen LogP contribution in [0.2, 0.25) is 0 Å². The minimum atomic E-state index is -0.744. The number of methoxy groups -OCH3 is 1. The standard InChI is InChI=1S/C15H17BrN2O3/c1-4-15(2,21-3)14-17-12(19)11(13(20)18-14)9-6-5-7-10(16)8-9/h5-8H,4H2,1-3H3,(H2,17,18,19,20). The highest BCUT2D eigenvalue weighted by Gasteiger charge is 2.28. The second-order valence-electron chi connectivity index (χ2n) is 4.91. The molecule has 0 aliphatic rings. The lowest BCUT2D eigenvalue weighted by Gasteiger charge is -2.25. The molecule has 1 heterocycles. The molecule has 1 unspecified atom stereocenters. The summed E-state index contributed by atoms with van der Waals surface area (Å²) in [5.74, 6) is 0.0114. The van der Waals surface area contributed by atoms with Gasteiger partial charge in [0.2, 0.25) is 5.88 Å². The third-order valence-corrected chi connectivity index (χ3v) is 4.13. The molecule has 1 aromatic carbocycles. The van der Waals surface area contributed by atoms with Gasteiger partial charge in [0.25, 0.3) is 5.56 Å². The predicted molar refractivity (Wildman–Crippen MR) is 84.3 cm³/mol. The van der Waals surface area contributed by atoms with Crippen molar-refractivity contribution in [3.63, 3.8) is 0 Å². The van der Waals surface area contributed by atoms with E-state index in [0.717, 1.165) is 4.47 Å². The third-order valence-electron chi connectivity index (χ3n) is 3.64. The first kappa shape index (κ1) is 15.7. The highest BCUT2D eigenvalue weighted by molar-refractivity contribution is 9.10. The second kappa shape index (κ2) is 5.99. The number of rotatable bonds is 4. The van der Waals surface area contributed by atoms with E-state index in [1.807, 2.05) is 19.9 Å². The van der Waals surface area contributed by atoms with Gasteiger partial charge >= 0.3 is 0 Å². The number of aromatic amines is 1. The minimum Gasteiger partial charge on any atom is -0.493 e. The maximum atomic E-state index is 12.3. The Morgan fingerprint density at radius 3 is 2.71 bits per heavy atom. The molecule has 0 aliphatic carbocycles. The smallest absolute Gasteiger partial charge is 0.262 e. The van der Waals surface area contributed by atoms with Gasteiger partial charge in [-0.3, -0.25) is 4.79 Å². The lowest BCUT2D eigenvalue weighted by Crippen LogP contribution is -2.29. The molecule has 21 heavy (non-hydrogen) atoms. The predicted octanol–water partition coefficient (Wildman–Crippen LogP) is 3.18. The molecule has 1 atom stereocenters. The van der Waals surface area contributed by atoms with Gasteiger partial charge in [-0.25, -0.2) is 0 Å². The summed E-state index contributed by atoms with van der Waals surface area (Å²) in [6.45, 7) is 3.73. The van der Waals surface area contributed by atoms with Crippen LogP contribution in [-0.2, 0) is 10.3 Å². The molecule has 1 aromatic heterocycles. The van der Waals surface area contributed by atoms with Gasteiger partial charge in [-0.05, 0) is 31.0 Å². The largest absolute Gasteiger partial charge is 0.493 e. The topological polar surface area (TPSA) is 75.2 Å². The van der Waals surface area contributed by atoms with Crippen LogP contribution in [0.4, 0.5) is 0 Å². The number of nitrogens with zero attached hydrogens (tertiary/aromatic N) is 1. The van der Waals surface area contributed by atoms with Crippen LogP contribution in [0.1, 0.15) is 26.1 Å². The maximum Gasteiger partial charge on any atom is 0.262 e. The second-order valence-corrected chi connectivity index (χ2v) is 5.83.